The highest BCUT2D eigenvalue weighted by molar-refractivity contribution is 8.01. The SMILES string of the molecule is CCC(N)C(SCCS(C)(=O)=O)c1cccs1. The number of hydrogen-bond acceptors (Lipinski definition) is 5. The summed E-state index contributed by atoms with van der Waals surface area (Å²) in [7, 11) is -2.88. The van der Waals surface area contributed by atoms with Crippen molar-refractivity contribution in [3.8, 4) is 0 Å². The number of nitrogens with two attached hydrogens (primary N) is 1. The van der Waals surface area contributed by atoms with E-state index >= 15 is 0 Å². The topological polar surface area (TPSA) is 60.2 Å². The lowest BCUT2D eigenvalue weighted by Gasteiger charge is -2.21. The second-order valence-corrected chi connectivity index (χ2v) is 8.50. The van der Waals surface area contributed by atoms with Crippen molar-refractivity contribution in [2.24, 2.45) is 5.73 Å². The van der Waals surface area contributed by atoms with Crippen molar-refractivity contribution in [3.05, 3.63) is 22.4 Å². The third-order valence-electron chi connectivity index (χ3n) is 2.44. The first-order chi connectivity index (χ1) is 7.94. The minimum Gasteiger partial charge on any atom is -0.326 e. The van der Waals surface area contributed by atoms with Crippen molar-refractivity contribution in [3.63, 3.8) is 0 Å². The fourth-order valence-electron chi connectivity index (χ4n) is 1.41. The third kappa shape index (κ3) is 5.42. The first-order valence-corrected chi connectivity index (χ1v) is 9.51. The van der Waals surface area contributed by atoms with E-state index in [1.165, 1.54) is 11.1 Å². The number of thiophene rings is 1. The van der Waals surface area contributed by atoms with Gasteiger partial charge in [0.1, 0.15) is 9.84 Å². The normalized spacial score (nSPS) is 15.7. The first-order valence-electron chi connectivity index (χ1n) is 5.52. The summed E-state index contributed by atoms with van der Waals surface area (Å²) >= 11 is 3.33. The largest absolute Gasteiger partial charge is 0.326 e. The van der Waals surface area contributed by atoms with Gasteiger partial charge in [0.2, 0.25) is 0 Å². The molecule has 1 heterocycles. The molecule has 2 unspecified atom stereocenters. The summed E-state index contributed by atoms with van der Waals surface area (Å²) in [4.78, 5) is 1.23. The average Bonchev–Trinajstić information content (AvgIpc) is 2.75. The lowest BCUT2D eigenvalue weighted by Crippen LogP contribution is -2.25. The molecule has 3 nitrogen and oxygen atoms in total. The number of sulfone groups is 1. The van der Waals surface area contributed by atoms with Gasteiger partial charge in [-0.15, -0.1) is 11.3 Å². The lowest BCUT2D eigenvalue weighted by molar-refractivity contribution is 0.603. The van der Waals surface area contributed by atoms with E-state index in [0.717, 1.165) is 6.42 Å². The van der Waals surface area contributed by atoms with Gasteiger partial charge >= 0.3 is 0 Å². The van der Waals surface area contributed by atoms with Gasteiger partial charge in [0, 0.05) is 22.9 Å². The Hall–Kier alpha value is -0.0400. The summed E-state index contributed by atoms with van der Waals surface area (Å²) < 4.78 is 22.2. The second kappa shape index (κ2) is 6.78. The van der Waals surface area contributed by atoms with E-state index in [-0.39, 0.29) is 17.0 Å². The molecule has 0 aliphatic rings. The highest BCUT2D eigenvalue weighted by Crippen LogP contribution is 2.35. The quantitative estimate of drug-likeness (QED) is 0.838. The van der Waals surface area contributed by atoms with E-state index in [0.29, 0.717) is 5.75 Å². The van der Waals surface area contributed by atoms with E-state index in [9.17, 15) is 8.42 Å². The Morgan fingerprint density at radius 3 is 2.71 bits per heavy atom. The van der Waals surface area contributed by atoms with E-state index in [1.54, 1.807) is 23.1 Å². The maximum Gasteiger partial charge on any atom is 0.148 e. The van der Waals surface area contributed by atoms with E-state index in [1.807, 2.05) is 11.4 Å². The van der Waals surface area contributed by atoms with Gasteiger partial charge in [-0.3, -0.25) is 0 Å². The van der Waals surface area contributed by atoms with Crippen LogP contribution in [-0.4, -0.2) is 32.2 Å². The summed E-state index contributed by atoms with van der Waals surface area (Å²) in [6.45, 7) is 2.06. The van der Waals surface area contributed by atoms with E-state index in [4.69, 9.17) is 5.73 Å². The third-order valence-corrected chi connectivity index (χ3v) is 6.15. The van der Waals surface area contributed by atoms with Crippen molar-refractivity contribution < 1.29 is 8.42 Å². The molecule has 1 rings (SSSR count). The molecule has 0 fully saturated rings. The highest BCUT2D eigenvalue weighted by atomic mass is 32.2. The van der Waals surface area contributed by atoms with Gasteiger partial charge in [-0.25, -0.2) is 8.42 Å². The van der Waals surface area contributed by atoms with E-state index < -0.39 is 9.84 Å². The zero-order valence-electron chi connectivity index (χ0n) is 10.1. The van der Waals surface area contributed by atoms with Gasteiger partial charge in [-0.2, -0.15) is 11.8 Å². The monoisotopic (exact) mass is 293 g/mol. The molecule has 0 aliphatic carbocycles. The van der Waals surface area contributed by atoms with Gasteiger partial charge in [-0.1, -0.05) is 13.0 Å². The van der Waals surface area contributed by atoms with Crippen LogP contribution in [0.15, 0.2) is 17.5 Å². The zero-order valence-corrected chi connectivity index (χ0v) is 12.6. The summed E-state index contributed by atoms with van der Waals surface area (Å²) in [5.74, 6) is 0.824. The molecule has 0 amide bonds. The number of hydrogen-bond donors (Lipinski definition) is 1. The minimum absolute atomic E-state index is 0.0817. The molecule has 98 valence electrons. The van der Waals surface area contributed by atoms with Crippen molar-refractivity contribution in [1.29, 1.82) is 0 Å². The second-order valence-electron chi connectivity index (χ2n) is 4.01. The van der Waals surface area contributed by atoms with Crippen LogP contribution in [0.5, 0.6) is 0 Å². The lowest BCUT2D eigenvalue weighted by atomic mass is 10.1. The molecule has 0 spiro atoms. The van der Waals surface area contributed by atoms with Gasteiger partial charge < -0.3 is 5.73 Å². The Balaban J connectivity index is 2.60. The van der Waals surface area contributed by atoms with Crippen LogP contribution in [0, 0.1) is 0 Å². The summed E-state index contributed by atoms with van der Waals surface area (Å²) in [6, 6.07) is 4.16. The van der Waals surface area contributed by atoms with Crippen LogP contribution in [0.1, 0.15) is 23.5 Å². The molecule has 2 N–H and O–H groups in total. The molecule has 0 saturated carbocycles. The Kier molecular flexibility index (Phi) is 5.99. The van der Waals surface area contributed by atoms with Crippen LogP contribution in [0.25, 0.3) is 0 Å². The first kappa shape index (κ1) is 15.0. The minimum atomic E-state index is -2.88. The molecule has 2 atom stereocenters. The van der Waals surface area contributed by atoms with Gasteiger partial charge in [0.05, 0.1) is 11.0 Å². The van der Waals surface area contributed by atoms with Gasteiger partial charge in [-0.05, 0) is 17.9 Å². The van der Waals surface area contributed by atoms with Crippen molar-refractivity contribution in [2.45, 2.75) is 24.6 Å². The van der Waals surface area contributed by atoms with Crippen LogP contribution in [-0.2, 0) is 9.84 Å². The fourth-order valence-corrected chi connectivity index (χ4v) is 5.09. The molecule has 0 bridgehead atoms. The van der Waals surface area contributed by atoms with Crippen LogP contribution in [0.3, 0.4) is 0 Å². The summed E-state index contributed by atoms with van der Waals surface area (Å²) in [6.07, 6.45) is 2.17. The zero-order chi connectivity index (χ0) is 12.9. The summed E-state index contributed by atoms with van der Waals surface area (Å²) in [5.41, 5.74) is 6.09. The van der Waals surface area contributed by atoms with Crippen molar-refractivity contribution in [1.82, 2.24) is 0 Å². The predicted octanol–water partition coefficient (Wildman–Crippen LogP) is 2.30. The van der Waals surface area contributed by atoms with Crippen LogP contribution >= 0.6 is 23.1 Å². The smallest absolute Gasteiger partial charge is 0.148 e. The molecule has 1 aromatic rings. The van der Waals surface area contributed by atoms with Crippen LogP contribution in [0.4, 0.5) is 0 Å². The maximum absolute atomic E-state index is 11.1. The predicted molar refractivity (Wildman–Crippen MR) is 77.5 cm³/mol. The standard InChI is InChI=1S/C11H19NO2S3/c1-3-9(12)11(10-5-4-6-15-10)16-7-8-17(2,13)14/h4-6,9,11H,3,7-8,12H2,1-2H3. The Labute approximate surface area is 112 Å². The Bertz CT molecular complexity index is 414. The van der Waals surface area contributed by atoms with Crippen LogP contribution in [0.2, 0.25) is 0 Å². The maximum atomic E-state index is 11.1. The molecule has 6 heteroatoms. The average molecular weight is 293 g/mol. The number of rotatable bonds is 7. The van der Waals surface area contributed by atoms with E-state index in [2.05, 4.69) is 13.0 Å². The molecular formula is C11H19NO2S3. The van der Waals surface area contributed by atoms with Crippen LogP contribution < -0.4 is 5.73 Å². The number of thioether (sulfide) groups is 1. The van der Waals surface area contributed by atoms with Gasteiger partial charge in [0.15, 0.2) is 0 Å². The molecule has 1 aromatic heterocycles. The molecule has 0 saturated heterocycles. The molecule has 17 heavy (non-hydrogen) atoms. The molecule has 0 aromatic carbocycles. The van der Waals surface area contributed by atoms with Gasteiger partial charge in [0.25, 0.3) is 0 Å². The van der Waals surface area contributed by atoms with Crippen molar-refractivity contribution >= 4 is 32.9 Å². The van der Waals surface area contributed by atoms with Crippen molar-refractivity contribution in [2.75, 3.05) is 17.8 Å². The Morgan fingerprint density at radius 2 is 2.24 bits per heavy atom. The molecule has 0 aliphatic heterocycles. The molecule has 0 radical (unpaired) electrons. The summed E-state index contributed by atoms with van der Waals surface area (Å²) in [5, 5.41) is 2.24. The molecular weight excluding hydrogens is 274 g/mol. The Morgan fingerprint density at radius 1 is 1.53 bits per heavy atom. The highest BCUT2D eigenvalue weighted by Gasteiger charge is 2.20. The fraction of sp³-hybridized carbons (Fsp3) is 0.636.